The van der Waals surface area contributed by atoms with Crippen LogP contribution in [0.3, 0.4) is 0 Å². The molecule has 0 aliphatic rings. The van der Waals surface area contributed by atoms with Crippen molar-refractivity contribution in [2.75, 3.05) is 12.9 Å². The van der Waals surface area contributed by atoms with E-state index in [1.807, 2.05) is 11.8 Å². The number of thioether (sulfide) groups is 1. The first-order valence-electron chi connectivity index (χ1n) is 7.54. The average molecular weight is 288 g/mol. The summed E-state index contributed by atoms with van der Waals surface area (Å²) in [5.41, 5.74) is 0. The molecule has 2 aromatic rings. The predicted molar refractivity (Wildman–Crippen MR) is 90.0 cm³/mol. The molecule has 0 N–H and O–H groups in total. The van der Waals surface area contributed by atoms with Crippen molar-refractivity contribution in [1.82, 2.24) is 0 Å². The molecule has 2 rings (SSSR count). The first kappa shape index (κ1) is 15.2. The zero-order chi connectivity index (χ0) is 14.2. The average Bonchev–Trinajstić information content (AvgIpc) is 2.50. The SMILES string of the molecule is CCCCCCCSc1cc2ccccc2cc1OC. The van der Waals surface area contributed by atoms with Crippen LogP contribution in [-0.2, 0) is 0 Å². The van der Waals surface area contributed by atoms with E-state index >= 15 is 0 Å². The lowest BCUT2D eigenvalue weighted by molar-refractivity contribution is 0.405. The minimum absolute atomic E-state index is 1.00. The second kappa shape index (κ2) is 8.21. The summed E-state index contributed by atoms with van der Waals surface area (Å²) in [5.74, 6) is 2.18. The molecule has 0 saturated carbocycles. The van der Waals surface area contributed by atoms with Crippen LogP contribution in [0.25, 0.3) is 10.8 Å². The molecule has 0 aliphatic heterocycles. The number of methoxy groups -OCH3 is 1. The minimum atomic E-state index is 1.00. The molecule has 0 atom stereocenters. The summed E-state index contributed by atoms with van der Waals surface area (Å²) in [5, 5.41) is 2.54. The van der Waals surface area contributed by atoms with Crippen LogP contribution in [-0.4, -0.2) is 12.9 Å². The summed E-state index contributed by atoms with van der Waals surface area (Å²) in [7, 11) is 1.76. The number of hydrogen-bond donors (Lipinski definition) is 0. The molecule has 0 aliphatic carbocycles. The van der Waals surface area contributed by atoms with Gasteiger partial charge in [-0.2, -0.15) is 0 Å². The van der Waals surface area contributed by atoms with E-state index < -0.39 is 0 Å². The Labute approximate surface area is 126 Å². The number of benzene rings is 2. The van der Waals surface area contributed by atoms with Crippen LogP contribution in [0, 0.1) is 0 Å². The smallest absolute Gasteiger partial charge is 0.133 e. The van der Waals surface area contributed by atoms with E-state index in [1.54, 1.807) is 7.11 Å². The molecule has 0 saturated heterocycles. The maximum absolute atomic E-state index is 5.53. The monoisotopic (exact) mass is 288 g/mol. The van der Waals surface area contributed by atoms with E-state index in [2.05, 4.69) is 43.3 Å². The van der Waals surface area contributed by atoms with Gasteiger partial charge in [-0.15, -0.1) is 11.8 Å². The van der Waals surface area contributed by atoms with Gasteiger partial charge < -0.3 is 4.74 Å². The maximum atomic E-state index is 5.53. The summed E-state index contributed by atoms with van der Waals surface area (Å²) in [6, 6.07) is 12.9. The van der Waals surface area contributed by atoms with Gasteiger partial charge in [0.05, 0.1) is 7.11 Å². The van der Waals surface area contributed by atoms with Gasteiger partial charge in [-0.1, -0.05) is 56.9 Å². The van der Waals surface area contributed by atoms with E-state index in [0.717, 1.165) is 5.75 Å². The lowest BCUT2D eigenvalue weighted by atomic mass is 10.1. The number of ether oxygens (including phenoxy) is 1. The molecule has 1 nitrogen and oxygen atoms in total. The van der Waals surface area contributed by atoms with Crippen molar-refractivity contribution >= 4 is 22.5 Å². The third kappa shape index (κ3) is 4.17. The van der Waals surface area contributed by atoms with Gasteiger partial charge in [0, 0.05) is 4.90 Å². The molecule has 0 heterocycles. The Bertz CT molecular complexity index is 536. The Morgan fingerprint density at radius 1 is 0.950 bits per heavy atom. The molecule has 2 heteroatoms. The molecular formula is C18H24OS. The Hall–Kier alpha value is -1.15. The number of unbranched alkanes of at least 4 members (excludes halogenated alkanes) is 4. The largest absolute Gasteiger partial charge is 0.496 e. The maximum Gasteiger partial charge on any atom is 0.133 e. The molecule has 0 unspecified atom stereocenters. The first-order valence-corrected chi connectivity index (χ1v) is 8.53. The molecule has 0 bridgehead atoms. The normalized spacial score (nSPS) is 10.9. The summed E-state index contributed by atoms with van der Waals surface area (Å²) < 4.78 is 5.53. The fourth-order valence-corrected chi connectivity index (χ4v) is 3.42. The van der Waals surface area contributed by atoms with Crippen molar-refractivity contribution in [2.24, 2.45) is 0 Å². The molecule has 0 radical (unpaired) electrons. The predicted octanol–water partition coefficient (Wildman–Crippen LogP) is 5.91. The van der Waals surface area contributed by atoms with Crippen LogP contribution in [0.5, 0.6) is 5.75 Å². The Kier molecular flexibility index (Phi) is 6.25. The van der Waals surface area contributed by atoms with Crippen molar-refractivity contribution in [1.29, 1.82) is 0 Å². The van der Waals surface area contributed by atoms with E-state index in [1.165, 1.54) is 53.5 Å². The van der Waals surface area contributed by atoms with E-state index in [-0.39, 0.29) is 0 Å². The molecule has 0 amide bonds. The Morgan fingerprint density at radius 2 is 1.65 bits per heavy atom. The van der Waals surface area contributed by atoms with Crippen molar-refractivity contribution in [3.63, 3.8) is 0 Å². The fourth-order valence-electron chi connectivity index (χ4n) is 2.36. The summed E-state index contributed by atoms with van der Waals surface area (Å²) in [6.07, 6.45) is 6.68. The highest BCUT2D eigenvalue weighted by Gasteiger charge is 2.05. The molecule has 108 valence electrons. The first-order chi connectivity index (χ1) is 9.85. The van der Waals surface area contributed by atoms with E-state index in [0.29, 0.717) is 0 Å². The third-order valence-electron chi connectivity index (χ3n) is 3.54. The quantitative estimate of drug-likeness (QED) is 0.441. The zero-order valence-electron chi connectivity index (χ0n) is 12.5. The molecule has 0 aromatic heterocycles. The van der Waals surface area contributed by atoms with E-state index in [9.17, 15) is 0 Å². The van der Waals surface area contributed by atoms with Crippen molar-refractivity contribution < 1.29 is 4.74 Å². The number of hydrogen-bond acceptors (Lipinski definition) is 2. The van der Waals surface area contributed by atoms with Crippen molar-refractivity contribution in [3.05, 3.63) is 36.4 Å². The van der Waals surface area contributed by atoms with Crippen LogP contribution in [0.1, 0.15) is 39.0 Å². The minimum Gasteiger partial charge on any atom is -0.496 e. The Balaban J connectivity index is 1.97. The van der Waals surface area contributed by atoms with Gasteiger partial charge in [0.2, 0.25) is 0 Å². The lowest BCUT2D eigenvalue weighted by Crippen LogP contribution is -1.89. The van der Waals surface area contributed by atoms with Gasteiger partial charge in [-0.3, -0.25) is 0 Å². The number of rotatable bonds is 8. The molecular weight excluding hydrogens is 264 g/mol. The summed E-state index contributed by atoms with van der Waals surface area (Å²) in [4.78, 5) is 1.27. The third-order valence-corrected chi connectivity index (χ3v) is 4.66. The summed E-state index contributed by atoms with van der Waals surface area (Å²) >= 11 is 1.92. The number of fused-ring (bicyclic) bond motifs is 1. The van der Waals surface area contributed by atoms with Crippen LogP contribution < -0.4 is 4.74 Å². The van der Waals surface area contributed by atoms with Crippen LogP contribution in [0.4, 0.5) is 0 Å². The van der Waals surface area contributed by atoms with Crippen LogP contribution in [0.2, 0.25) is 0 Å². The highest BCUT2D eigenvalue weighted by atomic mass is 32.2. The summed E-state index contributed by atoms with van der Waals surface area (Å²) in [6.45, 7) is 2.26. The van der Waals surface area contributed by atoms with Gasteiger partial charge in [0.25, 0.3) is 0 Å². The molecule has 20 heavy (non-hydrogen) atoms. The van der Waals surface area contributed by atoms with Crippen LogP contribution in [0.15, 0.2) is 41.3 Å². The van der Waals surface area contributed by atoms with Gasteiger partial charge in [0.1, 0.15) is 5.75 Å². The standard InChI is InChI=1S/C18H24OS/c1-3-4-5-6-9-12-20-18-14-16-11-8-7-10-15(16)13-17(18)19-2/h7-8,10-11,13-14H,3-6,9,12H2,1-2H3. The highest BCUT2D eigenvalue weighted by Crippen LogP contribution is 2.34. The zero-order valence-corrected chi connectivity index (χ0v) is 13.3. The van der Waals surface area contributed by atoms with Crippen molar-refractivity contribution in [3.8, 4) is 5.75 Å². The lowest BCUT2D eigenvalue weighted by Gasteiger charge is -2.10. The van der Waals surface area contributed by atoms with Gasteiger partial charge in [0.15, 0.2) is 0 Å². The van der Waals surface area contributed by atoms with E-state index in [4.69, 9.17) is 4.74 Å². The fraction of sp³-hybridized carbons (Fsp3) is 0.444. The topological polar surface area (TPSA) is 9.23 Å². The van der Waals surface area contributed by atoms with Crippen LogP contribution >= 0.6 is 11.8 Å². The molecule has 2 aromatic carbocycles. The second-order valence-corrected chi connectivity index (χ2v) is 6.25. The highest BCUT2D eigenvalue weighted by molar-refractivity contribution is 7.99. The molecule has 0 spiro atoms. The van der Waals surface area contributed by atoms with Crippen molar-refractivity contribution in [2.45, 2.75) is 43.9 Å². The second-order valence-electron chi connectivity index (χ2n) is 5.11. The van der Waals surface area contributed by atoms with Gasteiger partial charge in [-0.25, -0.2) is 0 Å². The van der Waals surface area contributed by atoms with Gasteiger partial charge in [-0.05, 0) is 35.1 Å². The Morgan fingerprint density at radius 3 is 2.35 bits per heavy atom. The van der Waals surface area contributed by atoms with Gasteiger partial charge >= 0.3 is 0 Å². The molecule has 0 fully saturated rings.